The van der Waals surface area contributed by atoms with Gasteiger partial charge in [0.25, 0.3) is 0 Å². The fourth-order valence-corrected chi connectivity index (χ4v) is 3.27. The fourth-order valence-electron chi connectivity index (χ4n) is 3.27. The fraction of sp³-hybridized carbons (Fsp3) is 0.115. The Hall–Kier alpha value is -3.97. The van der Waals surface area contributed by atoms with Crippen molar-refractivity contribution in [1.82, 2.24) is 0 Å². The molecule has 0 bridgehead atoms. The summed E-state index contributed by atoms with van der Waals surface area (Å²) in [7, 11) is 0. The standard InChI is InChI=1S/C26H21NO3/c1-17-11-23(14-24-13-20(18(2)16-27)12-19(3)28-24)30-26-15-22(9-10-25(17)26)29-21-7-5-4-6-8-21/h4-15H,1-3H3/b20-18-,23-14+. The summed E-state index contributed by atoms with van der Waals surface area (Å²) in [4.78, 5) is 0. The largest absolute Gasteiger partial charge is 0.462 e. The van der Waals surface area contributed by atoms with E-state index in [4.69, 9.17) is 14.2 Å². The Morgan fingerprint density at radius 1 is 0.967 bits per heavy atom. The molecule has 148 valence electrons. The average Bonchev–Trinajstić information content (AvgIpc) is 2.73. The van der Waals surface area contributed by atoms with Crippen molar-refractivity contribution in [3.63, 3.8) is 0 Å². The van der Waals surface area contributed by atoms with Crippen molar-refractivity contribution in [2.75, 3.05) is 0 Å². The van der Waals surface area contributed by atoms with Gasteiger partial charge in [0.1, 0.15) is 34.5 Å². The van der Waals surface area contributed by atoms with E-state index in [2.05, 4.69) is 6.07 Å². The van der Waals surface area contributed by atoms with E-state index < -0.39 is 0 Å². The summed E-state index contributed by atoms with van der Waals surface area (Å²) in [6.45, 7) is 5.69. The molecule has 0 N–H and O–H groups in total. The zero-order valence-corrected chi connectivity index (χ0v) is 17.1. The van der Waals surface area contributed by atoms with Crippen molar-refractivity contribution in [1.29, 1.82) is 5.26 Å². The number of allylic oxidation sites excluding steroid dienone is 8. The third kappa shape index (κ3) is 4.21. The summed E-state index contributed by atoms with van der Waals surface area (Å²) in [5.41, 5.74) is 3.57. The Morgan fingerprint density at radius 3 is 2.53 bits per heavy atom. The van der Waals surface area contributed by atoms with Crippen LogP contribution in [0.4, 0.5) is 0 Å². The Morgan fingerprint density at radius 2 is 1.77 bits per heavy atom. The number of rotatable bonds is 3. The van der Waals surface area contributed by atoms with Gasteiger partial charge in [-0.15, -0.1) is 0 Å². The maximum Gasteiger partial charge on any atom is 0.138 e. The monoisotopic (exact) mass is 395 g/mol. The number of nitrogens with zero attached hydrogens (tertiary/aromatic N) is 1. The lowest BCUT2D eigenvalue weighted by molar-refractivity contribution is 0.313. The Bertz CT molecular complexity index is 1190. The number of hydrogen-bond donors (Lipinski definition) is 0. The minimum absolute atomic E-state index is 0.624. The highest BCUT2D eigenvalue weighted by molar-refractivity contribution is 5.74. The average molecular weight is 395 g/mol. The van der Waals surface area contributed by atoms with Crippen LogP contribution in [-0.2, 0) is 4.74 Å². The second-order valence-corrected chi connectivity index (χ2v) is 7.15. The number of benzene rings is 2. The predicted octanol–water partition coefficient (Wildman–Crippen LogP) is 6.82. The van der Waals surface area contributed by atoms with E-state index >= 15 is 0 Å². The molecular formula is C26H21NO3. The summed E-state index contributed by atoms with van der Waals surface area (Å²) in [5, 5.41) is 9.19. The topological polar surface area (TPSA) is 51.5 Å². The minimum atomic E-state index is 0.624. The van der Waals surface area contributed by atoms with E-state index in [1.54, 1.807) is 6.92 Å². The van der Waals surface area contributed by atoms with Crippen molar-refractivity contribution in [2.24, 2.45) is 0 Å². The summed E-state index contributed by atoms with van der Waals surface area (Å²) in [6, 6.07) is 17.6. The smallest absolute Gasteiger partial charge is 0.138 e. The van der Waals surface area contributed by atoms with Gasteiger partial charge in [-0.2, -0.15) is 5.26 Å². The Kier molecular flexibility index (Phi) is 5.28. The van der Waals surface area contributed by atoms with Gasteiger partial charge in [0.15, 0.2) is 0 Å². The first-order valence-corrected chi connectivity index (χ1v) is 9.66. The van der Waals surface area contributed by atoms with E-state index in [-0.39, 0.29) is 0 Å². The third-order valence-corrected chi connectivity index (χ3v) is 4.76. The number of ether oxygens (including phenoxy) is 3. The molecular weight excluding hydrogens is 374 g/mol. The van der Waals surface area contributed by atoms with Gasteiger partial charge in [0.05, 0.1) is 6.07 Å². The second kappa shape index (κ2) is 8.18. The summed E-state index contributed by atoms with van der Waals surface area (Å²) >= 11 is 0. The summed E-state index contributed by atoms with van der Waals surface area (Å²) < 4.78 is 17.9. The molecule has 2 heterocycles. The van der Waals surface area contributed by atoms with Crippen LogP contribution in [0.2, 0.25) is 0 Å². The van der Waals surface area contributed by atoms with E-state index in [1.165, 1.54) is 0 Å². The maximum atomic E-state index is 9.19. The first kappa shape index (κ1) is 19.4. The lowest BCUT2D eigenvalue weighted by atomic mass is 10.0. The highest BCUT2D eigenvalue weighted by Gasteiger charge is 2.17. The molecule has 0 amide bonds. The third-order valence-electron chi connectivity index (χ3n) is 4.76. The molecule has 0 saturated heterocycles. The van der Waals surface area contributed by atoms with Crippen LogP contribution in [0.3, 0.4) is 0 Å². The molecule has 2 aliphatic rings. The molecule has 0 aromatic heterocycles. The maximum absolute atomic E-state index is 9.19. The van der Waals surface area contributed by atoms with E-state index in [9.17, 15) is 5.26 Å². The van der Waals surface area contributed by atoms with Crippen LogP contribution in [0.25, 0.3) is 5.57 Å². The number of nitriles is 1. The summed E-state index contributed by atoms with van der Waals surface area (Å²) in [5.74, 6) is 4.21. The first-order valence-electron chi connectivity index (χ1n) is 9.66. The van der Waals surface area contributed by atoms with E-state index in [1.807, 2.05) is 86.7 Å². The van der Waals surface area contributed by atoms with Crippen molar-refractivity contribution in [3.05, 3.63) is 107 Å². The molecule has 2 aliphatic heterocycles. The van der Waals surface area contributed by atoms with Gasteiger partial charge >= 0.3 is 0 Å². The molecule has 0 atom stereocenters. The highest BCUT2D eigenvalue weighted by Crippen LogP contribution is 2.37. The number of para-hydroxylation sites is 1. The minimum Gasteiger partial charge on any atom is -0.462 e. The van der Waals surface area contributed by atoms with Crippen LogP contribution in [0.15, 0.2) is 101 Å². The summed E-state index contributed by atoms with van der Waals surface area (Å²) in [6.07, 6.45) is 7.50. The number of fused-ring (bicyclic) bond motifs is 1. The molecule has 0 spiro atoms. The molecule has 2 aromatic carbocycles. The molecule has 4 heteroatoms. The van der Waals surface area contributed by atoms with Crippen molar-refractivity contribution in [2.45, 2.75) is 20.8 Å². The van der Waals surface area contributed by atoms with Crippen LogP contribution in [0.1, 0.15) is 26.3 Å². The van der Waals surface area contributed by atoms with Gasteiger partial charge in [-0.05, 0) is 74.4 Å². The van der Waals surface area contributed by atoms with Gasteiger partial charge in [0.2, 0.25) is 0 Å². The normalized spacial score (nSPS) is 18.1. The molecule has 4 rings (SSSR count). The van der Waals surface area contributed by atoms with Gasteiger partial charge in [-0.3, -0.25) is 0 Å². The SMILES string of the molecule is CC1=C/C(=C(\C)C#N)C=C(/C=C2\C=C(C)c3ccc(Oc4ccccc4)cc3O2)O1. The zero-order valence-electron chi connectivity index (χ0n) is 17.1. The van der Waals surface area contributed by atoms with Gasteiger partial charge < -0.3 is 14.2 Å². The van der Waals surface area contributed by atoms with E-state index in [0.29, 0.717) is 22.8 Å². The first-order chi connectivity index (χ1) is 14.5. The van der Waals surface area contributed by atoms with Gasteiger partial charge in [-0.25, -0.2) is 0 Å². The molecule has 0 fully saturated rings. The Balaban J connectivity index is 1.62. The zero-order chi connectivity index (χ0) is 21.1. The molecule has 0 saturated carbocycles. The highest BCUT2D eigenvalue weighted by atomic mass is 16.5. The van der Waals surface area contributed by atoms with Crippen molar-refractivity contribution < 1.29 is 14.2 Å². The van der Waals surface area contributed by atoms with Crippen LogP contribution >= 0.6 is 0 Å². The van der Waals surface area contributed by atoms with Crippen molar-refractivity contribution in [3.8, 4) is 23.3 Å². The molecule has 4 nitrogen and oxygen atoms in total. The van der Waals surface area contributed by atoms with Gasteiger partial charge in [-0.1, -0.05) is 18.2 Å². The van der Waals surface area contributed by atoms with Crippen LogP contribution < -0.4 is 9.47 Å². The molecule has 2 aromatic rings. The lowest BCUT2D eigenvalue weighted by Gasteiger charge is -2.20. The predicted molar refractivity (Wildman–Crippen MR) is 117 cm³/mol. The Labute approximate surface area is 176 Å². The van der Waals surface area contributed by atoms with Crippen molar-refractivity contribution >= 4 is 5.57 Å². The molecule has 0 radical (unpaired) electrons. The van der Waals surface area contributed by atoms with Crippen LogP contribution in [-0.4, -0.2) is 0 Å². The molecule has 0 aliphatic carbocycles. The molecule has 30 heavy (non-hydrogen) atoms. The molecule has 0 unspecified atom stereocenters. The second-order valence-electron chi connectivity index (χ2n) is 7.15. The van der Waals surface area contributed by atoms with Gasteiger partial charge in [0, 0.05) is 23.3 Å². The quantitative estimate of drug-likeness (QED) is 0.535. The van der Waals surface area contributed by atoms with Crippen LogP contribution in [0, 0.1) is 11.3 Å². The lowest BCUT2D eigenvalue weighted by Crippen LogP contribution is -2.04. The number of hydrogen-bond acceptors (Lipinski definition) is 4. The van der Waals surface area contributed by atoms with Crippen LogP contribution in [0.5, 0.6) is 17.2 Å². The van der Waals surface area contributed by atoms with E-state index in [0.717, 1.165) is 34.0 Å².